The van der Waals surface area contributed by atoms with Gasteiger partial charge in [0, 0.05) is 13.1 Å². The van der Waals surface area contributed by atoms with Crippen LogP contribution in [-0.2, 0) is 4.79 Å². The second kappa shape index (κ2) is 8.05. The monoisotopic (exact) mass is 337 g/mol. The maximum Gasteiger partial charge on any atom is 0.233 e. The zero-order valence-corrected chi connectivity index (χ0v) is 14.6. The van der Waals surface area contributed by atoms with Gasteiger partial charge in [-0.25, -0.2) is 4.68 Å². The zero-order chi connectivity index (χ0) is 16.8. The first kappa shape index (κ1) is 17.4. The molecule has 0 spiro atoms. The van der Waals surface area contributed by atoms with E-state index in [9.17, 15) is 4.79 Å². The van der Waals surface area contributed by atoms with Gasteiger partial charge in [0.15, 0.2) is 5.82 Å². The number of nitrogens with zero attached hydrogens (tertiary/aromatic N) is 4. The number of furan rings is 1. The molecule has 0 aliphatic heterocycles. The van der Waals surface area contributed by atoms with Crippen molar-refractivity contribution in [3.05, 3.63) is 18.1 Å². The fourth-order valence-corrected chi connectivity index (χ4v) is 2.96. The van der Waals surface area contributed by atoms with E-state index in [4.69, 9.17) is 10.3 Å². The molecule has 1 amide bonds. The summed E-state index contributed by atoms with van der Waals surface area (Å²) in [6.07, 6.45) is 3.67. The van der Waals surface area contributed by atoms with Crippen molar-refractivity contribution in [2.45, 2.75) is 38.8 Å². The molecule has 2 rings (SSSR count). The van der Waals surface area contributed by atoms with Gasteiger partial charge in [-0.15, -0.1) is 10.2 Å². The van der Waals surface area contributed by atoms with E-state index in [1.54, 1.807) is 12.3 Å². The number of nitrogen functional groups attached to an aromatic ring is 1. The van der Waals surface area contributed by atoms with Crippen molar-refractivity contribution in [2.24, 2.45) is 0 Å². The summed E-state index contributed by atoms with van der Waals surface area (Å²) >= 11 is 1.30. The van der Waals surface area contributed by atoms with Crippen LogP contribution >= 0.6 is 11.8 Å². The van der Waals surface area contributed by atoms with Crippen LogP contribution in [0.3, 0.4) is 0 Å². The lowest BCUT2D eigenvalue weighted by molar-refractivity contribution is -0.128. The minimum Gasteiger partial charge on any atom is -0.469 e. The van der Waals surface area contributed by atoms with Crippen molar-refractivity contribution in [2.75, 3.05) is 24.7 Å². The Balaban J connectivity index is 2.00. The van der Waals surface area contributed by atoms with Crippen molar-refractivity contribution in [1.82, 2.24) is 19.8 Å². The van der Waals surface area contributed by atoms with Gasteiger partial charge in [-0.05, 0) is 26.3 Å². The molecule has 0 bridgehead atoms. The quantitative estimate of drug-likeness (QED) is 0.587. The standard InChI is InChI=1S/C15H23N5O2S/c1-4-6-8-19(5-2)13(21)10-23-15-18-17-14(20(15)16)12-7-9-22-11(12)3/h7,9H,4-6,8,10,16H2,1-3H3. The van der Waals surface area contributed by atoms with Gasteiger partial charge in [0.1, 0.15) is 5.76 Å². The molecule has 23 heavy (non-hydrogen) atoms. The van der Waals surface area contributed by atoms with Gasteiger partial charge >= 0.3 is 0 Å². The number of thioether (sulfide) groups is 1. The number of aryl methyl sites for hydroxylation is 1. The second-order valence-electron chi connectivity index (χ2n) is 5.18. The number of carbonyl (C=O) groups is 1. The summed E-state index contributed by atoms with van der Waals surface area (Å²) in [5.41, 5.74) is 0.802. The number of amides is 1. The second-order valence-corrected chi connectivity index (χ2v) is 6.12. The summed E-state index contributed by atoms with van der Waals surface area (Å²) in [6.45, 7) is 7.45. The molecule has 0 aliphatic rings. The van der Waals surface area contributed by atoms with E-state index in [2.05, 4.69) is 17.1 Å². The lowest BCUT2D eigenvalue weighted by Crippen LogP contribution is -2.33. The van der Waals surface area contributed by atoms with Gasteiger partial charge in [0.25, 0.3) is 0 Å². The van der Waals surface area contributed by atoms with Crippen molar-refractivity contribution in [1.29, 1.82) is 0 Å². The SMILES string of the molecule is CCCCN(CC)C(=O)CSc1nnc(-c2ccoc2C)n1N. The number of carbonyl (C=O) groups excluding carboxylic acids is 1. The Labute approximate surface area is 140 Å². The Morgan fingerprint density at radius 1 is 1.43 bits per heavy atom. The highest BCUT2D eigenvalue weighted by Gasteiger charge is 2.18. The highest BCUT2D eigenvalue weighted by Crippen LogP contribution is 2.25. The average molecular weight is 337 g/mol. The molecule has 0 aliphatic carbocycles. The van der Waals surface area contributed by atoms with E-state index in [0.29, 0.717) is 23.3 Å². The lowest BCUT2D eigenvalue weighted by Gasteiger charge is -2.20. The molecule has 0 saturated heterocycles. The molecular weight excluding hydrogens is 314 g/mol. The van der Waals surface area contributed by atoms with Crippen LogP contribution in [0.2, 0.25) is 0 Å². The first-order chi connectivity index (χ1) is 11.1. The number of nitrogens with two attached hydrogens (primary N) is 1. The predicted octanol–water partition coefficient (Wildman–Crippen LogP) is 2.30. The number of aromatic nitrogens is 3. The summed E-state index contributed by atoms with van der Waals surface area (Å²) in [5, 5.41) is 8.68. The number of hydrogen-bond acceptors (Lipinski definition) is 6. The van der Waals surface area contributed by atoms with E-state index in [0.717, 1.165) is 30.7 Å². The zero-order valence-electron chi connectivity index (χ0n) is 13.8. The third-order valence-electron chi connectivity index (χ3n) is 3.61. The van der Waals surface area contributed by atoms with Crippen LogP contribution in [0.15, 0.2) is 21.9 Å². The van der Waals surface area contributed by atoms with Crippen molar-refractivity contribution in [3.8, 4) is 11.4 Å². The third-order valence-corrected chi connectivity index (χ3v) is 4.53. The predicted molar refractivity (Wildman–Crippen MR) is 90.5 cm³/mol. The van der Waals surface area contributed by atoms with Gasteiger partial charge in [0.2, 0.25) is 11.1 Å². The summed E-state index contributed by atoms with van der Waals surface area (Å²) < 4.78 is 6.66. The van der Waals surface area contributed by atoms with Gasteiger partial charge in [-0.2, -0.15) is 0 Å². The summed E-state index contributed by atoms with van der Waals surface area (Å²) in [6, 6.07) is 1.80. The molecule has 0 radical (unpaired) electrons. The van der Waals surface area contributed by atoms with Gasteiger partial charge in [-0.1, -0.05) is 25.1 Å². The van der Waals surface area contributed by atoms with Crippen LogP contribution in [0.1, 0.15) is 32.4 Å². The van der Waals surface area contributed by atoms with Crippen LogP contribution < -0.4 is 5.84 Å². The Morgan fingerprint density at radius 2 is 2.22 bits per heavy atom. The molecule has 126 valence electrons. The normalized spacial score (nSPS) is 10.9. The van der Waals surface area contributed by atoms with E-state index in [1.165, 1.54) is 16.4 Å². The van der Waals surface area contributed by atoms with Crippen LogP contribution in [0, 0.1) is 6.92 Å². The largest absolute Gasteiger partial charge is 0.469 e. The molecule has 0 atom stereocenters. The van der Waals surface area contributed by atoms with E-state index < -0.39 is 0 Å². The molecule has 8 heteroatoms. The summed E-state index contributed by atoms with van der Waals surface area (Å²) in [4.78, 5) is 14.1. The molecule has 7 nitrogen and oxygen atoms in total. The van der Waals surface area contributed by atoms with E-state index in [-0.39, 0.29) is 5.91 Å². The minimum atomic E-state index is 0.0926. The molecule has 0 saturated carbocycles. The Hall–Kier alpha value is -1.96. The van der Waals surface area contributed by atoms with Crippen LogP contribution in [0.5, 0.6) is 0 Å². The van der Waals surface area contributed by atoms with Crippen molar-refractivity contribution < 1.29 is 9.21 Å². The van der Waals surface area contributed by atoms with Gasteiger partial charge in [-0.3, -0.25) is 4.79 Å². The first-order valence-electron chi connectivity index (χ1n) is 7.74. The Bertz CT molecular complexity index is 652. The fraction of sp³-hybridized carbons (Fsp3) is 0.533. The molecular formula is C15H23N5O2S. The fourth-order valence-electron chi connectivity index (χ4n) is 2.20. The van der Waals surface area contributed by atoms with E-state index in [1.807, 2.05) is 18.7 Å². The minimum absolute atomic E-state index is 0.0926. The maximum absolute atomic E-state index is 12.2. The molecule has 2 N–H and O–H groups in total. The van der Waals surface area contributed by atoms with Crippen LogP contribution in [-0.4, -0.2) is 44.5 Å². The molecule has 2 aromatic rings. The maximum atomic E-state index is 12.2. The van der Waals surface area contributed by atoms with Gasteiger partial charge < -0.3 is 15.2 Å². The number of unbranched alkanes of at least 4 members (excludes halogenated alkanes) is 1. The van der Waals surface area contributed by atoms with Gasteiger partial charge in [0.05, 0.1) is 17.6 Å². The lowest BCUT2D eigenvalue weighted by atomic mass is 10.2. The van der Waals surface area contributed by atoms with Crippen molar-refractivity contribution >= 4 is 17.7 Å². The smallest absolute Gasteiger partial charge is 0.233 e. The van der Waals surface area contributed by atoms with E-state index >= 15 is 0 Å². The molecule has 0 unspecified atom stereocenters. The number of rotatable bonds is 8. The first-order valence-corrected chi connectivity index (χ1v) is 8.72. The molecule has 0 fully saturated rings. The van der Waals surface area contributed by atoms with Crippen LogP contribution in [0.4, 0.5) is 0 Å². The summed E-state index contributed by atoms with van der Waals surface area (Å²) in [5.74, 6) is 7.70. The molecule has 2 heterocycles. The average Bonchev–Trinajstić information content (AvgIpc) is 3.11. The highest BCUT2D eigenvalue weighted by atomic mass is 32.2. The molecule has 2 aromatic heterocycles. The number of hydrogen-bond donors (Lipinski definition) is 1. The van der Waals surface area contributed by atoms with Crippen molar-refractivity contribution in [3.63, 3.8) is 0 Å². The van der Waals surface area contributed by atoms with Crippen LogP contribution in [0.25, 0.3) is 11.4 Å². The molecule has 0 aromatic carbocycles. The Kier molecular flexibility index (Phi) is 6.09. The topological polar surface area (TPSA) is 90.2 Å². The Morgan fingerprint density at radius 3 is 2.83 bits per heavy atom. The highest BCUT2D eigenvalue weighted by molar-refractivity contribution is 7.99. The third kappa shape index (κ3) is 4.07. The summed E-state index contributed by atoms with van der Waals surface area (Å²) in [7, 11) is 0.